The van der Waals surface area contributed by atoms with E-state index in [0.29, 0.717) is 23.4 Å². The largest absolute Gasteiger partial charge is 0.491 e. The lowest BCUT2D eigenvalue weighted by atomic mass is 9.72. The first-order chi connectivity index (χ1) is 20.3. The van der Waals surface area contributed by atoms with Crippen LogP contribution in [0.15, 0.2) is 65.9 Å². The van der Waals surface area contributed by atoms with Crippen LogP contribution in [-0.4, -0.2) is 73.3 Å². The maximum absolute atomic E-state index is 13.3. The van der Waals surface area contributed by atoms with Crippen molar-refractivity contribution in [2.45, 2.75) is 57.4 Å². The number of ether oxygens (including phenoxy) is 4. The second kappa shape index (κ2) is 14.5. The topological polar surface area (TPSA) is 158 Å². The summed E-state index contributed by atoms with van der Waals surface area (Å²) in [4.78, 5) is 37.3. The molecule has 0 aliphatic carbocycles. The number of allylic oxidation sites excluding steroid dienone is 1. The summed E-state index contributed by atoms with van der Waals surface area (Å²) in [6, 6.07) is 15.0. The molecule has 0 amide bonds. The second-order valence-corrected chi connectivity index (χ2v) is 11.2. The van der Waals surface area contributed by atoms with Gasteiger partial charge < -0.3 is 34.7 Å². The highest BCUT2D eigenvalue weighted by molar-refractivity contribution is 5.93. The SMILES string of the molecule is COC(=O)C1=C(C)NC(C)(OCCC(C)(C)NCC(O)COc2ccccc2)C(C(=O)OC)C1c1cccc([N+](=O)[O-])c1. The summed E-state index contributed by atoms with van der Waals surface area (Å²) in [5, 5.41) is 28.5. The minimum atomic E-state index is -1.36. The van der Waals surface area contributed by atoms with Crippen molar-refractivity contribution in [3.8, 4) is 5.75 Å². The van der Waals surface area contributed by atoms with Crippen molar-refractivity contribution in [1.82, 2.24) is 10.6 Å². The highest BCUT2D eigenvalue weighted by atomic mass is 16.6. The summed E-state index contributed by atoms with van der Waals surface area (Å²) in [7, 11) is 2.46. The molecule has 0 radical (unpaired) electrons. The molecule has 43 heavy (non-hydrogen) atoms. The second-order valence-electron chi connectivity index (χ2n) is 11.2. The molecule has 0 aromatic heterocycles. The van der Waals surface area contributed by atoms with E-state index in [2.05, 4.69) is 10.6 Å². The van der Waals surface area contributed by atoms with Gasteiger partial charge in [0, 0.05) is 35.8 Å². The standard InChI is InChI=1S/C31H41N3O9/c1-20-25(28(36)40-5)26(21-11-10-12-22(17-21)34(38)39)27(29(37)41-6)31(4,33-20)43-16-15-30(2,3)32-18-23(35)19-42-24-13-8-7-9-14-24/h7-14,17,23,26-27,32-33,35H,15-16,18-19H2,1-6H3. The number of aliphatic hydroxyl groups is 1. The predicted molar refractivity (Wildman–Crippen MR) is 158 cm³/mol. The number of hydrogen-bond acceptors (Lipinski definition) is 11. The number of methoxy groups -OCH3 is 2. The van der Waals surface area contributed by atoms with E-state index in [1.807, 2.05) is 44.2 Å². The molecule has 12 heteroatoms. The Morgan fingerprint density at radius 2 is 1.84 bits per heavy atom. The number of carbonyl (C=O) groups excluding carboxylic acids is 2. The van der Waals surface area contributed by atoms with Crippen molar-refractivity contribution in [2.75, 3.05) is 34.0 Å². The molecule has 0 saturated carbocycles. The van der Waals surface area contributed by atoms with E-state index < -0.39 is 46.1 Å². The number of non-ortho nitro benzene ring substituents is 1. The van der Waals surface area contributed by atoms with Crippen molar-refractivity contribution in [3.63, 3.8) is 0 Å². The summed E-state index contributed by atoms with van der Waals surface area (Å²) in [5.74, 6) is -2.75. The van der Waals surface area contributed by atoms with Crippen molar-refractivity contribution in [2.24, 2.45) is 5.92 Å². The fraction of sp³-hybridized carbons (Fsp3) is 0.484. The molecule has 4 unspecified atom stereocenters. The smallest absolute Gasteiger partial charge is 0.336 e. The summed E-state index contributed by atoms with van der Waals surface area (Å²) >= 11 is 0. The number of β-amino-alcohol motifs (C(OH)–C–C–N with tert-alkyl or cyclic N) is 1. The first-order valence-electron chi connectivity index (χ1n) is 14.0. The molecule has 1 heterocycles. The fourth-order valence-corrected chi connectivity index (χ4v) is 5.20. The lowest BCUT2D eigenvalue weighted by Gasteiger charge is -2.46. The molecule has 3 N–H and O–H groups in total. The zero-order chi connectivity index (χ0) is 31.8. The lowest BCUT2D eigenvalue weighted by molar-refractivity contribution is -0.384. The van der Waals surface area contributed by atoms with Crippen LogP contribution in [0.1, 0.15) is 45.6 Å². The van der Waals surface area contributed by atoms with Crippen LogP contribution in [0, 0.1) is 16.0 Å². The molecule has 2 aromatic rings. The number of carbonyl (C=O) groups is 2. The van der Waals surface area contributed by atoms with Crippen molar-refractivity contribution >= 4 is 17.6 Å². The average molecular weight is 600 g/mol. The van der Waals surface area contributed by atoms with Crippen LogP contribution < -0.4 is 15.4 Å². The third kappa shape index (κ3) is 8.53. The number of para-hydroxylation sites is 1. The quantitative estimate of drug-likeness (QED) is 0.166. The van der Waals surface area contributed by atoms with Gasteiger partial charge in [-0.25, -0.2) is 4.79 Å². The molecule has 0 spiro atoms. The van der Waals surface area contributed by atoms with Gasteiger partial charge in [-0.1, -0.05) is 30.3 Å². The zero-order valence-corrected chi connectivity index (χ0v) is 25.4. The van der Waals surface area contributed by atoms with Crippen LogP contribution in [0.25, 0.3) is 0 Å². The normalized spacial score (nSPS) is 21.0. The molecule has 2 aromatic carbocycles. The summed E-state index contributed by atoms with van der Waals surface area (Å²) in [6.45, 7) is 7.84. The van der Waals surface area contributed by atoms with E-state index in [1.54, 1.807) is 19.9 Å². The molecule has 4 atom stereocenters. The molecule has 0 bridgehead atoms. The number of esters is 2. The maximum atomic E-state index is 13.3. The Morgan fingerprint density at radius 1 is 1.14 bits per heavy atom. The molecule has 1 aliphatic heterocycles. The van der Waals surface area contributed by atoms with Crippen molar-refractivity contribution in [1.29, 1.82) is 0 Å². The molecular formula is C31H41N3O9. The van der Waals surface area contributed by atoms with E-state index in [0.717, 1.165) is 0 Å². The van der Waals surface area contributed by atoms with Crippen molar-refractivity contribution < 1.29 is 38.6 Å². The van der Waals surface area contributed by atoms with Crippen LogP contribution in [-0.2, 0) is 23.8 Å². The molecule has 0 fully saturated rings. The van der Waals surface area contributed by atoms with E-state index in [-0.39, 0.29) is 31.0 Å². The van der Waals surface area contributed by atoms with Gasteiger partial charge in [0.1, 0.15) is 30.1 Å². The van der Waals surface area contributed by atoms with E-state index in [9.17, 15) is 24.8 Å². The lowest BCUT2D eigenvalue weighted by Crippen LogP contribution is -2.59. The van der Waals surface area contributed by atoms with Crippen LogP contribution >= 0.6 is 0 Å². The van der Waals surface area contributed by atoms with Gasteiger partial charge in [-0.3, -0.25) is 14.9 Å². The minimum absolute atomic E-state index is 0.125. The first kappa shape index (κ1) is 33.5. The monoisotopic (exact) mass is 599 g/mol. The minimum Gasteiger partial charge on any atom is -0.491 e. The highest BCUT2D eigenvalue weighted by Gasteiger charge is 2.53. The number of hydrogen-bond donors (Lipinski definition) is 3. The Labute approximate surface area is 251 Å². The van der Waals surface area contributed by atoms with E-state index in [1.165, 1.54) is 32.4 Å². The molecule has 234 valence electrons. The number of nitro groups is 1. The average Bonchev–Trinajstić information content (AvgIpc) is 2.98. The maximum Gasteiger partial charge on any atom is 0.336 e. The highest BCUT2D eigenvalue weighted by Crippen LogP contribution is 2.45. The number of nitrogens with one attached hydrogen (secondary N) is 2. The molecule has 12 nitrogen and oxygen atoms in total. The Balaban J connectivity index is 1.78. The van der Waals surface area contributed by atoms with E-state index in [4.69, 9.17) is 18.9 Å². The van der Waals surface area contributed by atoms with Crippen molar-refractivity contribution in [3.05, 3.63) is 81.5 Å². The van der Waals surface area contributed by atoms with Crippen LogP contribution in [0.4, 0.5) is 5.69 Å². The van der Waals surface area contributed by atoms with Crippen LogP contribution in [0.2, 0.25) is 0 Å². The van der Waals surface area contributed by atoms with Gasteiger partial charge in [-0.05, 0) is 51.8 Å². The number of benzene rings is 2. The van der Waals surface area contributed by atoms with Gasteiger partial charge in [0.05, 0.1) is 31.3 Å². The molecule has 0 saturated heterocycles. The number of nitro benzene ring substituents is 1. The summed E-state index contributed by atoms with van der Waals surface area (Å²) in [5.41, 5.74) is -1.09. The molecule has 1 aliphatic rings. The van der Waals surface area contributed by atoms with Gasteiger partial charge in [0.15, 0.2) is 0 Å². The third-order valence-electron chi connectivity index (χ3n) is 7.51. The molecular weight excluding hydrogens is 558 g/mol. The number of aliphatic hydroxyl groups excluding tert-OH is 1. The summed E-state index contributed by atoms with van der Waals surface area (Å²) in [6.07, 6.45) is -0.264. The van der Waals surface area contributed by atoms with Gasteiger partial charge in [-0.15, -0.1) is 0 Å². The fourth-order valence-electron chi connectivity index (χ4n) is 5.20. The van der Waals surface area contributed by atoms with E-state index >= 15 is 0 Å². The Hall–Kier alpha value is -4.00. The van der Waals surface area contributed by atoms with Crippen LogP contribution in [0.3, 0.4) is 0 Å². The van der Waals surface area contributed by atoms with Gasteiger partial charge in [-0.2, -0.15) is 0 Å². The summed E-state index contributed by atoms with van der Waals surface area (Å²) < 4.78 is 22.2. The van der Waals surface area contributed by atoms with Crippen LogP contribution in [0.5, 0.6) is 5.75 Å². The van der Waals surface area contributed by atoms with Gasteiger partial charge >= 0.3 is 11.9 Å². The van der Waals surface area contributed by atoms with Gasteiger partial charge in [0.25, 0.3) is 5.69 Å². The Kier molecular flexibility index (Phi) is 11.3. The number of rotatable bonds is 14. The predicted octanol–water partition coefficient (Wildman–Crippen LogP) is 3.45. The zero-order valence-electron chi connectivity index (χ0n) is 25.4. The first-order valence-corrected chi connectivity index (χ1v) is 14.0. The molecule has 3 rings (SSSR count). The Morgan fingerprint density at radius 3 is 2.47 bits per heavy atom. The Bertz CT molecular complexity index is 1310. The number of nitrogens with zero attached hydrogens (tertiary/aromatic N) is 1. The van der Waals surface area contributed by atoms with Gasteiger partial charge in [0.2, 0.25) is 0 Å². The third-order valence-corrected chi connectivity index (χ3v) is 7.51.